The van der Waals surface area contributed by atoms with Crippen LogP contribution in [0.2, 0.25) is 0 Å². The molecule has 2 heterocycles. The number of carbonyl (C=O) groups excluding carboxylic acids is 1. The van der Waals surface area contributed by atoms with Crippen molar-refractivity contribution in [1.29, 1.82) is 0 Å². The minimum atomic E-state index is -3.43. The quantitative estimate of drug-likeness (QED) is 0.542. The number of nitrogens with zero attached hydrogens (tertiary/aromatic N) is 2. The zero-order valence-corrected chi connectivity index (χ0v) is 18.9. The number of benzene rings is 1. The van der Waals surface area contributed by atoms with Crippen molar-refractivity contribution in [3.05, 3.63) is 47.8 Å². The van der Waals surface area contributed by atoms with Crippen LogP contribution in [0, 0.1) is 0 Å². The highest BCUT2D eigenvalue weighted by atomic mass is 32.2. The van der Waals surface area contributed by atoms with Crippen molar-refractivity contribution in [3.8, 4) is 0 Å². The van der Waals surface area contributed by atoms with E-state index in [-0.39, 0.29) is 11.9 Å². The van der Waals surface area contributed by atoms with E-state index in [1.807, 2.05) is 25.2 Å². The lowest BCUT2D eigenvalue weighted by Gasteiger charge is -2.31. The summed E-state index contributed by atoms with van der Waals surface area (Å²) in [4.78, 5) is 16.5. The number of carbonyl (C=O) groups is 1. The van der Waals surface area contributed by atoms with Gasteiger partial charge in [0.15, 0.2) is 0 Å². The van der Waals surface area contributed by atoms with Crippen molar-refractivity contribution in [1.82, 2.24) is 14.9 Å². The van der Waals surface area contributed by atoms with Crippen LogP contribution < -0.4 is 14.9 Å². The largest absolute Gasteiger partial charge is 0.375 e. The third-order valence-electron chi connectivity index (χ3n) is 5.23. The Hall–Kier alpha value is -1.94. The van der Waals surface area contributed by atoms with E-state index in [1.165, 1.54) is 17.0 Å². The summed E-state index contributed by atoms with van der Waals surface area (Å²) in [6.07, 6.45) is 2.29. The molecular formula is C21H30N4O3S2. The summed E-state index contributed by atoms with van der Waals surface area (Å²) >= 11 is 1.22. The van der Waals surface area contributed by atoms with Crippen LogP contribution in [0.25, 0.3) is 0 Å². The SMILES string of the molecule is CN(CCCNC(=O)CN1CCC(NS(=O)(=O)c2cccs2)CC1)c1ccccc1. The fraction of sp³-hybridized carbons (Fsp3) is 0.476. The molecule has 0 aliphatic carbocycles. The zero-order chi connectivity index (χ0) is 21.4. The molecule has 7 nitrogen and oxygen atoms in total. The molecular weight excluding hydrogens is 420 g/mol. The highest BCUT2D eigenvalue weighted by Crippen LogP contribution is 2.18. The molecule has 3 rings (SSSR count). The van der Waals surface area contributed by atoms with E-state index >= 15 is 0 Å². The van der Waals surface area contributed by atoms with Gasteiger partial charge in [-0.25, -0.2) is 13.1 Å². The van der Waals surface area contributed by atoms with Crippen molar-refractivity contribution < 1.29 is 13.2 Å². The molecule has 0 spiro atoms. The van der Waals surface area contributed by atoms with Crippen molar-refractivity contribution in [2.75, 3.05) is 44.7 Å². The summed E-state index contributed by atoms with van der Waals surface area (Å²) < 4.78 is 27.8. The molecule has 1 aliphatic heterocycles. The van der Waals surface area contributed by atoms with Gasteiger partial charge in [-0.3, -0.25) is 9.69 Å². The molecule has 1 aliphatic rings. The van der Waals surface area contributed by atoms with Crippen LogP contribution in [0.15, 0.2) is 52.1 Å². The number of hydrogen-bond donors (Lipinski definition) is 2. The molecule has 2 aromatic rings. The number of anilines is 1. The van der Waals surface area contributed by atoms with Crippen LogP contribution in [-0.4, -0.2) is 65.0 Å². The number of likely N-dealkylation sites (tertiary alicyclic amines) is 1. The maximum absolute atomic E-state index is 12.3. The molecule has 1 saturated heterocycles. The number of hydrogen-bond acceptors (Lipinski definition) is 6. The number of para-hydroxylation sites is 1. The van der Waals surface area contributed by atoms with Gasteiger partial charge < -0.3 is 10.2 Å². The van der Waals surface area contributed by atoms with Gasteiger partial charge in [-0.05, 0) is 42.8 Å². The Labute approximate surface area is 183 Å². The van der Waals surface area contributed by atoms with Gasteiger partial charge in [-0.15, -0.1) is 11.3 Å². The second-order valence-electron chi connectivity index (χ2n) is 7.56. The molecule has 30 heavy (non-hydrogen) atoms. The lowest BCUT2D eigenvalue weighted by atomic mass is 10.1. The van der Waals surface area contributed by atoms with Crippen molar-refractivity contribution in [2.45, 2.75) is 29.5 Å². The minimum absolute atomic E-state index is 0.0231. The Morgan fingerprint density at radius 3 is 2.57 bits per heavy atom. The second-order valence-corrected chi connectivity index (χ2v) is 10.5. The van der Waals surface area contributed by atoms with Crippen LogP contribution in [0.4, 0.5) is 5.69 Å². The summed E-state index contributed by atoms with van der Waals surface area (Å²) in [7, 11) is -1.38. The van der Waals surface area contributed by atoms with Gasteiger partial charge >= 0.3 is 0 Å². The number of piperidine rings is 1. The van der Waals surface area contributed by atoms with E-state index in [0.29, 0.717) is 43.2 Å². The molecule has 0 bridgehead atoms. The molecule has 1 amide bonds. The predicted molar refractivity (Wildman–Crippen MR) is 121 cm³/mol. The van der Waals surface area contributed by atoms with E-state index in [2.05, 4.69) is 32.0 Å². The first-order valence-corrected chi connectivity index (χ1v) is 12.6. The third-order valence-corrected chi connectivity index (χ3v) is 8.14. The number of thiophene rings is 1. The molecule has 9 heteroatoms. The minimum Gasteiger partial charge on any atom is -0.375 e. The van der Waals surface area contributed by atoms with Crippen LogP contribution >= 0.6 is 11.3 Å². The smallest absolute Gasteiger partial charge is 0.250 e. The van der Waals surface area contributed by atoms with Crippen molar-refractivity contribution in [3.63, 3.8) is 0 Å². The van der Waals surface area contributed by atoms with Crippen LogP contribution in [0.5, 0.6) is 0 Å². The first-order chi connectivity index (χ1) is 14.4. The Kier molecular flexibility index (Phi) is 8.26. The van der Waals surface area contributed by atoms with E-state index in [4.69, 9.17) is 0 Å². The topological polar surface area (TPSA) is 81.8 Å². The maximum Gasteiger partial charge on any atom is 0.250 e. The first kappa shape index (κ1) is 22.7. The number of amides is 1. The normalized spacial score (nSPS) is 15.8. The van der Waals surface area contributed by atoms with E-state index in [1.54, 1.807) is 17.5 Å². The Balaban J connectivity index is 1.30. The molecule has 1 aromatic carbocycles. The Morgan fingerprint density at radius 2 is 1.90 bits per heavy atom. The van der Waals surface area contributed by atoms with Gasteiger partial charge in [0.05, 0.1) is 6.54 Å². The average molecular weight is 451 g/mol. The first-order valence-electron chi connectivity index (χ1n) is 10.2. The molecule has 2 N–H and O–H groups in total. The molecule has 1 fully saturated rings. The Morgan fingerprint density at radius 1 is 1.17 bits per heavy atom. The summed E-state index contributed by atoms with van der Waals surface area (Å²) in [5.41, 5.74) is 1.17. The van der Waals surface area contributed by atoms with Crippen LogP contribution in [0.3, 0.4) is 0 Å². The standard InChI is InChI=1S/C21H30N4O3S2/c1-24(19-7-3-2-4-8-19)13-6-12-22-20(26)17-25-14-10-18(11-15-25)23-30(27,28)21-9-5-16-29-21/h2-5,7-9,16,18,23H,6,10-15,17H2,1H3,(H,22,26). The van der Waals surface area contributed by atoms with E-state index < -0.39 is 10.0 Å². The van der Waals surface area contributed by atoms with Gasteiger partial charge in [-0.1, -0.05) is 24.3 Å². The van der Waals surface area contributed by atoms with Crippen molar-refractivity contribution in [2.24, 2.45) is 0 Å². The second kappa shape index (κ2) is 10.9. The van der Waals surface area contributed by atoms with Gasteiger partial charge in [0.1, 0.15) is 4.21 Å². The highest BCUT2D eigenvalue weighted by Gasteiger charge is 2.25. The molecule has 164 valence electrons. The third kappa shape index (κ3) is 6.80. The lowest BCUT2D eigenvalue weighted by molar-refractivity contribution is -0.122. The molecule has 1 aromatic heterocycles. The van der Waals surface area contributed by atoms with Gasteiger partial charge in [0, 0.05) is 45.0 Å². The average Bonchev–Trinajstić information content (AvgIpc) is 3.29. The maximum atomic E-state index is 12.3. The molecule has 0 unspecified atom stereocenters. The summed E-state index contributed by atoms with van der Waals surface area (Å²) in [6.45, 7) is 3.30. The summed E-state index contributed by atoms with van der Waals surface area (Å²) in [6, 6.07) is 13.5. The van der Waals surface area contributed by atoms with Gasteiger partial charge in [-0.2, -0.15) is 0 Å². The zero-order valence-electron chi connectivity index (χ0n) is 17.3. The van der Waals surface area contributed by atoms with Crippen molar-refractivity contribution >= 4 is 33.0 Å². The molecule has 0 saturated carbocycles. The molecule has 0 atom stereocenters. The van der Waals surface area contributed by atoms with Gasteiger partial charge in [0.25, 0.3) is 0 Å². The number of sulfonamides is 1. The number of rotatable bonds is 10. The van der Waals surface area contributed by atoms with Crippen LogP contribution in [0.1, 0.15) is 19.3 Å². The van der Waals surface area contributed by atoms with Gasteiger partial charge in [0.2, 0.25) is 15.9 Å². The predicted octanol–water partition coefficient (Wildman–Crippen LogP) is 2.13. The fourth-order valence-corrected chi connectivity index (χ4v) is 5.83. The summed E-state index contributed by atoms with van der Waals surface area (Å²) in [5, 5.41) is 4.75. The van der Waals surface area contributed by atoms with Crippen LogP contribution in [-0.2, 0) is 14.8 Å². The van der Waals surface area contributed by atoms with E-state index in [0.717, 1.165) is 13.0 Å². The fourth-order valence-electron chi connectivity index (χ4n) is 3.52. The van der Waals surface area contributed by atoms with E-state index in [9.17, 15) is 13.2 Å². The molecule has 0 radical (unpaired) electrons. The highest BCUT2D eigenvalue weighted by molar-refractivity contribution is 7.91. The lowest BCUT2D eigenvalue weighted by Crippen LogP contribution is -2.47. The Bertz CT molecular complexity index is 880. The summed E-state index contributed by atoms with van der Waals surface area (Å²) in [5.74, 6) is 0.0231. The monoisotopic (exact) mass is 450 g/mol. The number of nitrogens with one attached hydrogen (secondary N) is 2.